The number of carbonyl (C=O) groups is 2. The summed E-state index contributed by atoms with van der Waals surface area (Å²) >= 11 is 0. The third-order valence-electron chi connectivity index (χ3n) is 7.98. The number of aryl methyl sites for hydroxylation is 2. The van der Waals surface area contributed by atoms with Gasteiger partial charge in [-0.2, -0.15) is 4.68 Å². The van der Waals surface area contributed by atoms with Crippen molar-refractivity contribution in [3.05, 3.63) is 58.1 Å². The third kappa shape index (κ3) is 7.81. The molecule has 11 heteroatoms. The lowest BCUT2D eigenvalue weighted by Gasteiger charge is -2.33. The van der Waals surface area contributed by atoms with Crippen LogP contribution in [-0.2, 0) is 27.7 Å². The molecule has 2 aliphatic rings. The maximum Gasteiger partial charge on any atom is 0.412 e. The average Bonchev–Trinajstić information content (AvgIpc) is 3.23. The highest BCUT2D eigenvalue weighted by atomic mass is 19.1. The predicted octanol–water partition coefficient (Wildman–Crippen LogP) is 6.12. The van der Waals surface area contributed by atoms with Gasteiger partial charge in [0.2, 0.25) is 5.91 Å². The predicted molar refractivity (Wildman–Crippen MR) is 164 cm³/mol. The number of allylic oxidation sites excluding steroid dienone is 2. The molecular formula is C32H44FN5O5. The number of rotatable bonds is 8. The molecule has 2 N–H and O–H groups in total. The smallest absolute Gasteiger partial charge is 0.412 e. The summed E-state index contributed by atoms with van der Waals surface area (Å²) in [4.78, 5) is 38.7. The van der Waals surface area contributed by atoms with Crippen LogP contribution >= 0.6 is 0 Å². The third-order valence-corrected chi connectivity index (χ3v) is 7.98. The van der Waals surface area contributed by atoms with Crippen LogP contribution in [0.5, 0.6) is 0 Å². The first-order valence-electron chi connectivity index (χ1n) is 15.1. The van der Waals surface area contributed by atoms with E-state index in [4.69, 9.17) is 9.47 Å². The largest absolute Gasteiger partial charge is 0.444 e. The van der Waals surface area contributed by atoms with E-state index in [-0.39, 0.29) is 11.8 Å². The number of halogens is 1. The highest BCUT2D eigenvalue weighted by molar-refractivity contribution is 5.96. The zero-order valence-electron chi connectivity index (χ0n) is 26.2. The molecule has 2 aliphatic carbocycles. The second-order valence-electron chi connectivity index (χ2n) is 12.5. The topological polar surface area (TPSA) is 116 Å². The number of ether oxygens (including phenoxy) is 2. The first-order chi connectivity index (χ1) is 20.3. The van der Waals surface area contributed by atoms with Gasteiger partial charge in [-0.25, -0.2) is 14.0 Å². The number of nitrogens with one attached hydrogen (secondary N) is 2. The van der Waals surface area contributed by atoms with Crippen molar-refractivity contribution in [3.8, 4) is 0 Å². The minimum absolute atomic E-state index is 0.0288. The Morgan fingerprint density at radius 2 is 1.84 bits per heavy atom. The van der Waals surface area contributed by atoms with E-state index < -0.39 is 41.1 Å². The summed E-state index contributed by atoms with van der Waals surface area (Å²) in [5.41, 5.74) is 0.577. The van der Waals surface area contributed by atoms with Gasteiger partial charge in [0.15, 0.2) is 0 Å². The molecule has 3 unspecified atom stereocenters. The van der Waals surface area contributed by atoms with Crippen LogP contribution in [0.25, 0.3) is 5.70 Å². The van der Waals surface area contributed by atoms with E-state index in [0.717, 1.165) is 30.4 Å². The van der Waals surface area contributed by atoms with Gasteiger partial charge >= 0.3 is 11.8 Å². The van der Waals surface area contributed by atoms with Crippen molar-refractivity contribution >= 4 is 29.1 Å². The molecule has 4 rings (SSSR count). The number of hydrogen-bond acceptors (Lipinski definition) is 6. The first kappa shape index (κ1) is 32.2. The van der Waals surface area contributed by atoms with Gasteiger partial charge in [0.05, 0.1) is 18.1 Å². The molecule has 1 fully saturated rings. The van der Waals surface area contributed by atoms with E-state index in [1.807, 2.05) is 13.8 Å². The van der Waals surface area contributed by atoms with Crippen molar-refractivity contribution in [2.24, 2.45) is 18.9 Å². The van der Waals surface area contributed by atoms with Crippen molar-refractivity contribution in [3.63, 3.8) is 0 Å². The highest BCUT2D eigenvalue weighted by Gasteiger charge is 2.36. The zero-order valence-corrected chi connectivity index (χ0v) is 26.2. The standard InChI is InChI=1S/C32H44FN5O5/c1-8-28-36-38(31(41)37(28)7)26-18-27(42-20(3)21-12-10-9-11-13-21)23(17-24(26)33)29(39)35-25-15-14-22(16-19(25)2)34-30(40)43-32(4,5)6/h14-18,20-21,23,27H,8-13H2,1-7H3,(H,34,40)(H,35,39). The first-order valence-corrected chi connectivity index (χ1v) is 15.1. The molecule has 234 valence electrons. The SMILES string of the molecule is CCc1nn(C2=CC(OC(C)C3CCCCC3)C(C(=O)Nc3ccc(NC(=O)OC(C)(C)C)cc3C)C=C2F)c(=O)n1C. The molecule has 43 heavy (non-hydrogen) atoms. The molecule has 1 aromatic heterocycles. The van der Waals surface area contributed by atoms with Crippen LogP contribution in [0.4, 0.5) is 20.6 Å². The van der Waals surface area contributed by atoms with E-state index >= 15 is 4.39 Å². The number of nitrogens with zero attached hydrogens (tertiary/aromatic N) is 3. The number of benzene rings is 1. The second kappa shape index (κ2) is 13.3. The lowest BCUT2D eigenvalue weighted by atomic mass is 9.85. The summed E-state index contributed by atoms with van der Waals surface area (Å²) < 4.78 is 29.9. The monoisotopic (exact) mass is 597 g/mol. The van der Waals surface area contributed by atoms with Gasteiger partial charge in [0, 0.05) is 24.8 Å². The normalized spacial score (nSPS) is 20.2. The molecule has 0 aliphatic heterocycles. The molecule has 1 heterocycles. The van der Waals surface area contributed by atoms with E-state index in [1.165, 1.54) is 23.1 Å². The number of amides is 2. The van der Waals surface area contributed by atoms with E-state index in [9.17, 15) is 14.4 Å². The molecule has 2 aromatic rings. The summed E-state index contributed by atoms with van der Waals surface area (Å²) in [6.07, 6.45) is 7.18. The van der Waals surface area contributed by atoms with Crippen molar-refractivity contribution in [1.82, 2.24) is 14.3 Å². The Bertz CT molecular complexity index is 1460. The molecule has 0 spiro atoms. The Morgan fingerprint density at radius 1 is 1.14 bits per heavy atom. The Hall–Kier alpha value is -3.73. The van der Waals surface area contributed by atoms with Crippen LogP contribution in [-0.4, -0.2) is 44.2 Å². The maximum absolute atomic E-state index is 15.6. The van der Waals surface area contributed by atoms with E-state index in [2.05, 4.69) is 15.7 Å². The summed E-state index contributed by atoms with van der Waals surface area (Å²) in [7, 11) is 1.60. The van der Waals surface area contributed by atoms with Crippen LogP contribution in [0.3, 0.4) is 0 Å². The number of aromatic nitrogens is 3. The van der Waals surface area contributed by atoms with Gasteiger partial charge in [-0.05, 0) is 89.3 Å². The van der Waals surface area contributed by atoms with Crippen LogP contribution in [0, 0.1) is 18.8 Å². The summed E-state index contributed by atoms with van der Waals surface area (Å²) in [5, 5.41) is 9.91. The lowest BCUT2D eigenvalue weighted by Crippen LogP contribution is -2.39. The van der Waals surface area contributed by atoms with Crippen LogP contribution in [0.2, 0.25) is 0 Å². The van der Waals surface area contributed by atoms with Crippen LogP contribution in [0.15, 0.2) is 41.0 Å². The molecule has 2 amide bonds. The maximum atomic E-state index is 15.6. The quantitative estimate of drug-likeness (QED) is 0.379. The number of anilines is 2. The van der Waals surface area contributed by atoms with E-state index in [1.54, 1.807) is 52.9 Å². The fourth-order valence-electron chi connectivity index (χ4n) is 5.62. The molecule has 0 saturated heterocycles. The van der Waals surface area contributed by atoms with Crippen molar-refractivity contribution < 1.29 is 23.5 Å². The Kier molecular flexibility index (Phi) is 9.94. The summed E-state index contributed by atoms with van der Waals surface area (Å²) in [6, 6.07) is 5.04. The Balaban J connectivity index is 1.58. The molecule has 0 radical (unpaired) electrons. The van der Waals surface area contributed by atoms with Crippen molar-refractivity contribution in [2.45, 2.75) is 97.9 Å². The zero-order chi connectivity index (χ0) is 31.5. The number of hydrogen-bond donors (Lipinski definition) is 2. The molecule has 10 nitrogen and oxygen atoms in total. The average molecular weight is 598 g/mol. The Labute approximate surface area is 252 Å². The Morgan fingerprint density at radius 3 is 2.44 bits per heavy atom. The molecular weight excluding hydrogens is 553 g/mol. The second-order valence-corrected chi connectivity index (χ2v) is 12.5. The minimum Gasteiger partial charge on any atom is -0.444 e. The molecule has 3 atom stereocenters. The lowest BCUT2D eigenvalue weighted by molar-refractivity contribution is -0.124. The van der Waals surface area contributed by atoms with Gasteiger partial charge in [-0.1, -0.05) is 26.2 Å². The van der Waals surface area contributed by atoms with E-state index in [0.29, 0.717) is 35.1 Å². The van der Waals surface area contributed by atoms with Crippen molar-refractivity contribution in [1.29, 1.82) is 0 Å². The summed E-state index contributed by atoms with van der Waals surface area (Å²) in [5.74, 6) is -1.31. The molecule has 1 aromatic carbocycles. The minimum atomic E-state index is -0.987. The van der Waals surface area contributed by atoms with Gasteiger partial charge in [-0.3, -0.25) is 14.7 Å². The van der Waals surface area contributed by atoms with Gasteiger partial charge in [-0.15, -0.1) is 5.10 Å². The highest BCUT2D eigenvalue weighted by Crippen LogP contribution is 2.34. The van der Waals surface area contributed by atoms with Crippen molar-refractivity contribution in [2.75, 3.05) is 10.6 Å². The van der Waals surface area contributed by atoms with Gasteiger partial charge in [0.1, 0.15) is 22.9 Å². The summed E-state index contributed by atoms with van der Waals surface area (Å²) in [6.45, 7) is 11.0. The van der Waals surface area contributed by atoms with Gasteiger partial charge in [0.25, 0.3) is 0 Å². The molecule has 1 saturated carbocycles. The fourth-order valence-corrected chi connectivity index (χ4v) is 5.62. The fraction of sp³-hybridized carbons (Fsp3) is 0.562. The van der Waals surface area contributed by atoms with Crippen LogP contribution < -0.4 is 16.3 Å². The van der Waals surface area contributed by atoms with Crippen LogP contribution in [0.1, 0.15) is 78.1 Å². The number of carbonyl (C=O) groups excluding carboxylic acids is 2. The molecule has 0 bridgehead atoms. The van der Waals surface area contributed by atoms with Gasteiger partial charge < -0.3 is 14.8 Å².